The largest absolute Gasteiger partial charge is 0.273 e. The Morgan fingerprint density at radius 1 is 1.50 bits per heavy atom. The summed E-state index contributed by atoms with van der Waals surface area (Å²) in [5, 5.41) is 0. The fraction of sp³-hybridized carbons (Fsp3) is 0.667. The number of hydrogen-bond acceptors (Lipinski definition) is 0. The van der Waals surface area contributed by atoms with E-state index in [1.165, 1.54) is 0 Å². The molecule has 2 heteroatoms. The van der Waals surface area contributed by atoms with Crippen LogP contribution in [0, 0.1) is 0 Å². The van der Waals surface area contributed by atoms with E-state index in [4.69, 9.17) is 0 Å². The van der Waals surface area contributed by atoms with Crippen molar-refractivity contribution < 1.29 is 8.78 Å². The minimum atomic E-state index is -2.43. The van der Waals surface area contributed by atoms with Gasteiger partial charge in [-0.3, -0.25) is 0 Å². The van der Waals surface area contributed by atoms with Gasteiger partial charge in [0.2, 0.25) is 0 Å². The predicted molar refractivity (Wildman–Crippen MR) is 27.9 cm³/mol. The SMILES string of the molecule is CC(C)=C1CC1(F)F. The van der Waals surface area contributed by atoms with E-state index in [1.807, 2.05) is 0 Å². The van der Waals surface area contributed by atoms with Gasteiger partial charge in [0.1, 0.15) is 0 Å². The molecule has 0 aromatic carbocycles. The molecular formula is C6H8F2. The van der Waals surface area contributed by atoms with Gasteiger partial charge >= 0.3 is 0 Å². The van der Waals surface area contributed by atoms with Crippen molar-refractivity contribution in [2.24, 2.45) is 0 Å². The van der Waals surface area contributed by atoms with Crippen LogP contribution in [0.2, 0.25) is 0 Å². The van der Waals surface area contributed by atoms with Crippen molar-refractivity contribution in [3.8, 4) is 0 Å². The van der Waals surface area contributed by atoms with Gasteiger partial charge in [-0.05, 0) is 13.8 Å². The van der Waals surface area contributed by atoms with Gasteiger partial charge < -0.3 is 0 Å². The van der Waals surface area contributed by atoms with Crippen LogP contribution >= 0.6 is 0 Å². The minimum Gasteiger partial charge on any atom is -0.201 e. The van der Waals surface area contributed by atoms with Gasteiger partial charge in [-0.25, -0.2) is 8.78 Å². The summed E-state index contributed by atoms with van der Waals surface area (Å²) in [6.07, 6.45) is -0.00463. The van der Waals surface area contributed by atoms with Crippen LogP contribution in [0.4, 0.5) is 8.78 Å². The van der Waals surface area contributed by atoms with E-state index < -0.39 is 5.92 Å². The minimum absolute atomic E-state index is 0.00463. The third-order valence-electron chi connectivity index (χ3n) is 1.32. The van der Waals surface area contributed by atoms with E-state index in [2.05, 4.69) is 0 Å². The molecule has 0 saturated heterocycles. The first kappa shape index (κ1) is 5.73. The highest BCUT2D eigenvalue weighted by Gasteiger charge is 2.51. The Bertz CT molecular complexity index is 141. The van der Waals surface area contributed by atoms with E-state index in [-0.39, 0.29) is 6.42 Å². The van der Waals surface area contributed by atoms with Gasteiger partial charge in [-0.15, -0.1) is 0 Å². The molecule has 1 aliphatic rings. The number of halogens is 2. The van der Waals surface area contributed by atoms with Gasteiger partial charge in [0, 0.05) is 12.0 Å². The molecule has 0 spiro atoms. The zero-order chi connectivity index (χ0) is 6.36. The molecule has 1 saturated carbocycles. The monoisotopic (exact) mass is 118 g/mol. The normalized spacial score (nSPS) is 23.2. The first-order valence-corrected chi connectivity index (χ1v) is 2.59. The van der Waals surface area contributed by atoms with E-state index in [1.54, 1.807) is 13.8 Å². The summed E-state index contributed by atoms with van der Waals surface area (Å²) in [5.74, 6) is -2.43. The predicted octanol–water partition coefficient (Wildman–Crippen LogP) is 2.36. The van der Waals surface area contributed by atoms with Gasteiger partial charge in [-0.1, -0.05) is 5.57 Å². The third-order valence-corrected chi connectivity index (χ3v) is 1.32. The van der Waals surface area contributed by atoms with Gasteiger partial charge in [0.15, 0.2) is 0 Å². The summed E-state index contributed by atoms with van der Waals surface area (Å²) in [6, 6.07) is 0. The Hall–Kier alpha value is -0.400. The van der Waals surface area contributed by atoms with Crippen LogP contribution in [0.15, 0.2) is 11.1 Å². The van der Waals surface area contributed by atoms with Crippen LogP contribution < -0.4 is 0 Å². The van der Waals surface area contributed by atoms with Crippen LogP contribution in [0.25, 0.3) is 0 Å². The molecule has 0 nitrogen and oxygen atoms in total. The first-order valence-electron chi connectivity index (χ1n) is 2.59. The quantitative estimate of drug-likeness (QED) is 0.428. The molecule has 0 atom stereocenters. The molecule has 0 aromatic heterocycles. The second kappa shape index (κ2) is 1.30. The van der Waals surface area contributed by atoms with Gasteiger partial charge in [0.05, 0.1) is 0 Å². The maximum absolute atomic E-state index is 12.0. The number of alkyl halides is 2. The lowest BCUT2D eigenvalue weighted by atomic mass is 10.3. The summed E-state index contributed by atoms with van der Waals surface area (Å²) >= 11 is 0. The van der Waals surface area contributed by atoms with E-state index in [0.717, 1.165) is 5.57 Å². The molecule has 0 aliphatic heterocycles. The average Bonchev–Trinajstić information content (AvgIpc) is 2.13. The Morgan fingerprint density at radius 2 is 1.88 bits per heavy atom. The van der Waals surface area contributed by atoms with E-state index in [0.29, 0.717) is 5.57 Å². The Kier molecular flexibility index (Phi) is 0.934. The van der Waals surface area contributed by atoms with Crippen LogP contribution in [0.5, 0.6) is 0 Å². The molecule has 46 valence electrons. The zero-order valence-electron chi connectivity index (χ0n) is 4.96. The third kappa shape index (κ3) is 0.746. The van der Waals surface area contributed by atoms with Crippen molar-refractivity contribution >= 4 is 0 Å². The molecule has 1 fully saturated rings. The molecule has 1 rings (SSSR count). The molecular weight excluding hydrogens is 110 g/mol. The van der Waals surface area contributed by atoms with Crippen LogP contribution in [0.3, 0.4) is 0 Å². The molecule has 0 bridgehead atoms. The summed E-state index contributed by atoms with van der Waals surface area (Å²) in [5.41, 5.74) is 1.10. The highest BCUT2D eigenvalue weighted by molar-refractivity contribution is 5.34. The Balaban J connectivity index is 2.73. The second-order valence-electron chi connectivity index (χ2n) is 2.36. The maximum Gasteiger partial charge on any atom is 0.273 e. The van der Waals surface area contributed by atoms with Crippen molar-refractivity contribution in [1.29, 1.82) is 0 Å². The molecule has 0 heterocycles. The van der Waals surface area contributed by atoms with Crippen LogP contribution in [-0.4, -0.2) is 5.92 Å². The van der Waals surface area contributed by atoms with Crippen molar-refractivity contribution in [2.45, 2.75) is 26.2 Å². The molecule has 0 amide bonds. The molecule has 0 unspecified atom stereocenters. The van der Waals surface area contributed by atoms with E-state index in [9.17, 15) is 8.78 Å². The average molecular weight is 118 g/mol. The van der Waals surface area contributed by atoms with E-state index >= 15 is 0 Å². The maximum atomic E-state index is 12.0. The van der Waals surface area contributed by atoms with Gasteiger partial charge in [0.25, 0.3) is 5.92 Å². The lowest BCUT2D eigenvalue weighted by Crippen LogP contribution is -1.84. The summed E-state index contributed by atoms with van der Waals surface area (Å²) in [7, 11) is 0. The van der Waals surface area contributed by atoms with Crippen LogP contribution in [0.1, 0.15) is 20.3 Å². The first-order chi connectivity index (χ1) is 3.54. The fourth-order valence-electron chi connectivity index (χ4n) is 0.720. The smallest absolute Gasteiger partial charge is 0.201 e. The molecule has 8 heavy (non-hydrogen) atoms. The fourth-order valence-corrected chi connectivity index (χ4v) is 0.720. The number of allylic oxidation sites excluding steroid dienone is 2. The summed E-state index contributed by atoms with van der Waals surface area (Å²) in [6.45, 7) is 3.44. The Labute approximate surface area is 47.2 Å². The highest BCUT2D eigenvalue weighted by atomic mass is 19.3. The zero-order valence-corrected chi connectivity index (χ0v) is 4.96. The van der Waals surface area contributed by atoms with Crippen molar-refractivity contribution in [3.05, 3.63) is 11.1 Å². The second-order valence-corrected chi connectivity index (χ2v) is 2.36. The van der Waals surface area contributed by atoms with Crippen molar-refractivity contribution in [3.63, 3.8) is 0 Å². The lowest BCUT2D eigenvalue weighted by Gasteiger charge is -1.85. The topological polar surface area (TPSA) is 0 Å². The Morgan fingerprint density at radius 3 is 1.88 bits per heavy atom. The number of hydrogen-bond donors (Lipinski definition) is 0. The summed E-state index contributed by atoms with van der Waals surface area (Å²) < 4.78 is 24.0. The van der Waals surface area contributed by atoms with Crippen LogP contribution in [-0.2, 0) is 0 Å². The molecule has 0 aromatic rings. The van der Waals surface area contributed by atoms with Crippen molar-refractivity contribution in [2.75, 3.05) is 0 Å². The lowest BCUT2D eigenvalue weighted by molar-refractivity contribution is 0.135. The standard InChI is InChI=1S/C6H8F2/c1-4(2)5-3-6(5,7)8/h3H2,1-2H3. The molecule has 0 N–H and O–H groups in total. The number of rotatable bonds is 0. The highest BCUT2D eigenvalue weighted by Crippen LogP contribution is 2.49. The molecule has 0 radical (unpaired) electrons. The summed E-state index contributed by atoms with van der Waals surface area (Å²) in [4.78, 5) is 0. The van der Waals surface area contributed by atoms with Gasteiger partial charge in [-0.2, -0.15) is 0 Å². The molecule has 1 aliphatic carbocycles. The van der Waals surface area contributed by atoms with Crippen molar-refractivity contribution in [1.82, 2.24) is 0 Å².